The highest BCUT2D eigenvalue weighted by molar-refractivity contribution is 7.09. The highest BCUT2D eigenvalue weighted by Crippen LogP contribution is 2.13. The molecule has 0 spiro atoms. The average Bonchev–Trinajstić information content (AvgIpc) is 2.55. The molecule has 0 aromatic carbocycles. The van der Waals surface area contributed by atoms with Crippen molar-refractivity contribution in [3.8, 4) is 0 Å². The summed E-state index contributed by atoms with van der Waals surface area (Å²) in [6.07, 6.45) is 2.95. The van der Waals surface area contributed by atoms with E-state index in [0.717, 1.165) is 6.42 Å². The van der Waals surface area contributed by atoms with E-state index in [1.807, 2.05) is 18.6 Å². The molecule has 1 rings (SSSR count). The van der Waals surface area contributed by atoms with Gasteiger partial charge in [-0.1, -0.05) is 6.92 Å². The van der Waals surface area contributed by atoms with E-state index < -0.39 is 0 Å². The van der Waals surface area contributed by atoms with E-state index in [4.69, 9.17) is 0 Å². The van der Waals surface area contributed by atoms with Crippen molar-refractivity contribution < 1.29 is 0 Å². The molecule has 2 atom stereocenters. The zero-order valence-corrected chi connectivity index (χ0v) is 8.69. The first-order valence-corrected chi connectivity index (χ1v) is 5.17. The Kier molecular flexibility index (Phi) is 3.69. The molecule has 12 heavy (non-hydrogen) atoms. The van der Waals surface area contributed by atoms with Crippen LogP contribution in [0.25, 0.3) is 0 Å². The maximum Gasteiger partial charge on any atom is 0.0928 e. The molecule has 3 heteroatoms. The third-order valence-corrected chi connectivity index (χ3v) is 3.09. The summed E-state index contributed by atoms with van der Waals surface area (Å²) in [5, 5.41) is 6.53. The van der Waals surface area contributed by atoms with E-state index >= 15 is 0 Å². The van der Waals surface area contributed by atoms with Gasteiger partial charge < -0.3 is 5.32 Å². The van der Waals surface area contributed by atoms with Crippen molar-refractivity contribution in [2.45, 2.75) is 26.3 Å². The Labute approximate surface area is 78.0 Å². The fraction of sp³-hybridized carbons (Fsp3) is 0.667. The van der Waals surface area contributed by atoms with Crippen LogP contribution >= 0.6 is 11.3 Å². The molecule has 0 saturated heterocycles. The number of nitrogens with one attached hydrogen (secondary N) is 1. The van der Waals surface area contributed by atoms with Gasteiger partial charge in [-0.2, -0.15) is 0 Å². The third kappa shape index (κ3) is 2.57. The highest BCUT2D eigenvalue weighted by atomic mass is 32.1. The van der Waals surface area contributed by atoms with Crippen LogP contribution in [0.2, 0.25) is 0 Å². The van der Waals surface area contributed by atoms with Crippen molar-refractivity contribution in [1.82, 2.24) is 10.3 Å². The second kappa shape index (κ2) is 4.58. The molecule has 1 aromatic heterocycles. The first kappa shape index (κ1) is 9.68. The summed E-state index contributed by atoms with van der Waals surface area (Å²) >= 11 is 1.74. The van der Waals surface area contributed by atoms with E-state index in [1.165, 1.54) is 5.01 Å². The minimum Gasteiger partial charge on any atom is -0.317 e. The number of thiazole rings is 1. The smallest absolute Gasteiger partial charge is 0.0928 e. The standard InChI is InChI=1S/C9H16N2S/c1-7(8(2)10-3)6-9-11-4-5-12-9/h4-5,7-8,10H,6H2,1-3H3. The molecule has 1 N–H and O–H groups in total. The molecule has 0 saturated carbocycles. The van der Waals surface area contributed by atoms with Crippen molar-refractivity contribution in [3.05, 3.63) is 16.6 Å². The molecular weight excluding hydrogens is 168 g/mol. The van der Waals surface area contributed by atoms with Crippen molar-refractivity contribution in [3.63, 3.8) is 0 Å². The van der Waals surface area contributed by atoms with E-state index in [0.29, 0.717) is 12.0 Å². The lowest BCUT2D eigenvalue weighted by Crippen LogP contribution is -2.29. The predicted molar refractivity (Wildman–Crippen MR) is 53.5 cm³/mol. The third-order valence-electron chi connectivity index (χ3n) is 2.29. The zero-order chi connectivity index (χ0) is 8.97. The molecule has 0 aliphatic carbocycles. The lowest BCUT2D eigenvalue weighted by Gasteiger charge is -2.17. The largest absolute Gasteiger partial charge is 0.317 e. The highest BCUT2D eigenvalue weighted by Gasteiger charge is 2.11. The van der Waals surface area contributed by atoms with Crippen LogP contribution < -0.4 is 5.32 Å². The summed E-state index contributed by atoms with van der Waals surface area (Å²) in [6, 6.07) is 0.564. The van der Waals surface area contributed by atoms with Gasteiger partial charge in [0.05, 0.1) is 5.01 Å². The van der Waals surface area contributed by atoms with Gasteiger partial charge in [0.25, 0.3) is 0 Å². The van der Waals surface area contributed by atoms with Gasteiger partial charge in [-0.3, -0.25) is 0 Å². The fourth-order valence-corrected chi connectivity index (χ4v) is 1.85. The van der Waals surface area contributed by atoms with Gasteiger partial charge in [0.1, 0.15) is 0 Å². The quantitative estimate of drug-likeness (QED) is 0.773. The molecule has 2 unspecified atom stereocenters. The van der Waals surface area contributed by atoms with Crippen LogP contribution in [0.4, 0.5) is 0 Å². The SMILES string of the molecule is CNC(C)C(C)Cc1nccs1. The summed E-state index contributed by atoms with van der Waals surface area (Å²) in [4.78, 5) is 4.26. The second-order valence-electron chi connectivity index (χ2n) is 3.18. The summed E-state index contributed by atoms with van der Waals surface area (Å²) in [5.41, 5.74) is 0. The maximum atomic E-state index is 4.26. The van der Waals surface area contributed by atoms with Crippen LogP contribution in [-0.2, 0) is 6.42 Å². The minimum atomic E-state index is 0.564. The van der Waals surface area contributed by atoms with Gasteiger partial charge >= 0.3 is 0 Å². The Morgan fingerprint density at radius 3 is 2.83 bits per heavy atom. The van der Waals surface area contributed by atoms with Crippen molar-refractivity contribution in [1.29, 1.82) is 0 Å². The number of nitrogens with zero attached hydrogens (tertiary/aromatic N) is 1. The van der Waals surface area contributed by atoms with Crippen LogP contribution in [-0.4, -0.2) is 18.1 Å². The summed E-state index contributed by atoms with van der Waals surface area (Å²) in [7, 11) is 2.00. The van der Waals surface area contributed by atoms with Gasteiger partial charge in [0.2, 0.25) is 0 Å². The molecule has 0 fully saturated rings. The normalized spacial score (nSPS) is 15.9. The van der Waals surface area contributed by atoms with Crippen molar-refractivity contribution in [2.24, 2.45) is 5.92 Å². The molecule has 0 bridgehead atoms. The molecule has 1 aromatic rings. The topological polar surface area (TPSA) is 24.9 Å². The van der Waals surface area contributed by atoms with Crippen LogP contribution in [0.15, 0.2) is 11.6 Å². The van der Waals surface area contributed by atoms with Gasteiger partial charge in [-0.25, -0.2) is 4.98 Å². The van der Waals surface area contributed by atoms with Crippen molar-refractivity contribution in [2.75, 3.05) is 7.05 Å². The summed E-state index contributed by atoms with van der Waals surface area (Å²) in [6.45, 7) is 4.46. The van der Waals surface area contributed by atoms with Gasteiger partial charge in [-0.05, 0) is 19.9 Å². The van der Waals surface area contributed by atoms with Crippen LogP contribution in [0.1, 0.15) is 18.9 Å². The molecule has 1 heterocycles. The molecule has 0 aliphatic rings. The van der Waals surface area contributed by atoms with Crippen LogP contribution in [0.3, 0.4) is 0 Å². The van der Waals surface area contributed by atoms with E-state index in [-0.39, 0.29) is 0 Å². The summed E-state index contributed by atoms with van der Waals surface area (Å²) < 4.78 is 0. The Bertz CT molecular complexity index is 208. The van der Waals surface area contributed by atoms with E-state index in [1.54, 1.807) is 11.3 Å². The monoisotopic (exact) mass is 184 g/mol. The molecule has 2 nitrogen and oxygen atoms in total. The van der Waals surface area contributed by atoms with Crippen LogP contribution in [0.5, 0.6) is 0 Å². The number of hydrogen-bond acceptors (Lipinski definition) is 3. The zero-order valence-electron chi connectivity index (χ0n) is 7.87. The predicted octanol–water partition coefficient (Wildman–Crippen LogP) is 1.93. The second-order valence-corrected chi connectivity index (χ2v) is 4.16. The van der Waals surface area contributed by atoms with E-state index in [2.05, 4.69) is 24.1 Å². The number of aromatic nitrogens is 1. The number of hydrogen-bond donors (Lipinski definition) is 1. The Morgan fingerprint density at radius 2 is 2.33 bits per heavy atom. The Hall–Kier alpha value is -0.410. The minimum absolute atomic E-state index is 0.564. The lowest BCUT2D eigenvalue weighted by atomic mass is 10.0. The maximum absolute atomic E-state index is 4.26. The summed E-state index contributed by atoms with van der Waals surface area (Å²) in [5.74, 6) is 0.654. The fourth-order valence-electron chi connectivity index (χ4n) is 1.09. The van der Waals surface area contributed by atoms with Gasteiger partial charge in [-0.15, -0.1) is 11.3 Å². The van der Waals surface area contributed by atoms with E-state index in [9.17, 15) is 0 Å². The molecular formula is C9H16N2S. The molecule has 0 aliphatic heterocycles. The number of rotatable bonds is 4. The van der Waals surface area contributed by atoms with Gasteiger partial charge in [0.15, 0.2) is 0 Å². The van der Waals surface area contributed by atoms with Gasteiger partial charge in [0, 0.05) is 24.0 Å². The lowest BCUT2D eigenvalue weighted by molar-refractivity contribution is 0.423. The Morgan fingerprint density at radius 1 is 1.58 bits per heavy atom. The first-order valence-electron chi connectivity index (χ1n) is 4.29. The van der Waals surface area contributed by atoms with Crippen LogP contribution in [0, 0.1) is 5.92 Å². The average molecular weight is 184 g/mol. The van der Waals surface area contributed by atoms with Crippen molar-refractivity contribution >= 4 is 11.3 Å². The Balaban J connectivity index is 2.41. The molecule has 68 valence electrons. The first-order chi connectivity index (χ1) is 5.74. The molecule has 0 radical (unpaired) electrons. The molecule has 0 amide bonds.